The highest BCUT2D eigenvalue weighted by molar-refractivity contribution is 7.23. The third-order valence-electron chi connectivity index (χ3n) is 5.11. The number of nitrogen functional groups attached to an aromatic ring is 1. The molecule has 6 nitrogen and oxygen atoms in total. The van der Waals surface area contributed by atoms with E-state index in [1.807, 2.05) is 24.3 Å². The lowest BCUT2D eigenvalue weighted by Crippen LogP contribution is -2.27. The van der Waals surface area contributed by atoms with Gasteiger partial charge in [0.05, 0.1) is 21.6 Å². The molecule has 3 N–H and O–H groups in total. The maximum atomic E-state index is 12.9. The zero-order valence-electron chi connectivity index (χ0n) is 15.9. The number of amides is 1. The van der Waals surface area contributed by atoms with Crippen LogP contribution in [0.15, 0.2) is 30.3 Å². The third-order valence-corrected chi connectivity index (χ3v) is 7.17. The molecule has 0 radical (unpaired) electrons. The van der Waals surface area contributed by atoms with Crippen LogP contribution in [0.25, 0.3) is 20.4 Å². The second-order valence-electron chi connectivity index (χ2n) is 8.06. The van der Waals surface area contributed by atoms with Crippen LogP contribution < -0.4 is 11.1 Å². The number of carbonyl (C=O) groups excluding carboxylic acids is 2. The van der Waals surface area contributed by atoms with Crippen LogP contribution in [0.1, 0.15) is 46.0 Å². The summed E-state index contributed by atoms with van der Waals surface area (Å²) in [6.07, 6.45) is 1.22. The van der Waals surface area contributed by atoms with E-state index in [2.05, 4.69) is 24.1 Å². The molecule has 0 atom stereocenters. The second kappa shape index (κ2) is 6.33. The van der Waals surface area contributed by atoms with Crippen LogP contribution in [0, 0.1) is 5.41 Å². The second-order valence-corrected chi connectivity index (χ2v) is 10.1. The molecule has 0 unspecified atom stereocenters. The number of hydrogen-bond donors (Lipinski definition) is 2. The van der Waals surface area contributed by atoms with Crippen molar-refractivity contribution in [2.75, 3.05) is 11.1 Å². The standard InChI is InChI=1S/C21H18N4O2S2/c1-21(2)8-13-10(14(26)9-21)7-11-16(22)17(29-19(11)23-13)18(27)25-20-24-12-5-3-4-6-15(12)28-20/h3-7H,8-9,22H2,1-2H3,(H,24,25,27). The average molecular weight is 423 g/mol. The molecule has 8 heteroatoms. The van der Waals surface area contributed by atoms with Gasteiger partial charge in [-0.3, -0.25) is 14.9 Å². The van der Waals surface area contributed by atoms with Gasteiger partial charge in [0.25, 0.3) is 5.91 Å². The van der Waals surface area contributed by atoms with Gasteiger partial charge in [-0.05, 0) is 30.0 Å². The first-order valence-corrected chi connectivity index (χ1v) is 10.9. The van der Waals surface area contributed by atoms with Gasteiger partial charge in [0.15, 0.2) is 10.9 Å². The number of carbonyl (C=O) groups is 2. The first-order valence-electron chi connectivity index (χ1n) is 9.23. The first-order chi connectivity index (χ1) is 13.8. The first kappa shape index (κ1) is 18.2. The Morgan fingerprint density at radius 1 is 1.17 bits per heavy atom. The van der Waals surface area contributed by atoms with Gasteiger partial charge in [-0.1, -0.05) is 37.3 Å². The molecule has 0 saturated heterocycles. The zero-order chi connectivity index (χ0) is 20.3. The van der Waals surface area contributed by atoms with E-state index in [1.54, 1.807) is 6.07 Å². The Bertz CT molecular complexity index is 1290. The Kier molecular flexibility index (Phi) is 3.97. The van der Waals surface area contributed by atoms with Gasteiger partial charge in [0, 0.05) is 17.4 Å². The van der Waals surface area contributed by atoms with Crippen molar-refractivity contribution in [3.63, 3.8) is 0 Å². The number of nitrogens with zero attached hydrogens (tertiary/aromatic N) is 2. The van der Waals surface area contributed by atoms with Crippen molar-refractivity contribution in [1.29, 1.82) is 0 Å². The molecule has 146 valence electrons. The number of thiazole rings is 1. The molecule has 4 aromatic rings. The van der Waals surface area contributed by atoms with Crippen LogP contribution in [-0.4, -0.2) is 21.7 Å². The summed E-state index contributed by atoms with van der Waals surface area (Å²) in [7, 11) is 0. The number of ketones is 1. The number of hydrogen-bond acceptors (Lipinski definition) is 7. The number of anilines is 2. The Balaban J connectivity index is 1.52. The molecule has 5 rings (SSSR count). The van der Waals surface area contributed by atoms with Crippen LogP contribution in [0.4, 0.5) is 10.8 Å². The van der Waals surface area contributed by atoms with E-state index in [-0.39, 0.29) is 17.1 Å². The van der Waals surface area contributed by atoms with Crippen molar-refractivity contribution >= 4 is 65.6 Å². The van der Waals surface area contributed by atoms with E-state index in [0.717, 1.165) is 22.3 Å². The fourth-order valence-corrected chi connectivity index (χ4v) is 5.60. The molecule has 1 aliphatic carbocycles. The van der Waals surface area contributed by atoms with Crippen LogP contribution in [0.3, 0.4) is 0 Å². The third kappa shape index (κ3) is 3.08. The van der Waals surface area contributed by atoms with Crippen molar-refractivity contribution in [3.8, 4) is 0 Å². The van der Waals surface area contributed by atoms with Crippen LogP contribution in [0.2, 0.25) is 0 Å². The van der Waals surface area contributed by atoms with Crippen molar-refractivity contribution in [2.45, 2.75) is 26.7 Å². The molecular formula is C21H18N4O2S2. The molecule has 1 amide bonds. The summed E-state index contributed by atoms with van der Waals surface area (Å²) in [4.78, 5) is 35.6. The molecule has 3 aromatic heterocycles. The maximum absolute atomic E-state index is 12.9. The number of thiophene rings is 1. The highest BCUT2D eigenvalue weighted by atomic mass is 32.1. The van der Waals surface area contributed by atoms with E-state index in [9.17, 15) is 9.59 Å². The quantitative estimate of drug-likeness (QED) is 0.479. The fraction of sp³-hybridized carbons (Fsp3) is 0.238. The molecule has 1 aliphatic rings. The number of Topliss-reactive ketones (excluding diaryl/α,β-unsaturated/α-hetero) is 1. The number of rotatable bonds is 2. The Labute approximate surface area is 174 Å². The number of pyridine rings is 1. The molecule has 0 spiro atoms. The number of nitrogens with two attached hydrogens (primary N) is 1. The minimum absolute atomic E-state index is 0.0803. The number of benzene rings is 1. The topological polar surface area (TPSA) is 98.0 Å². The SMILES string of the molecule is CC1(C)CC(=O)c2cc3c(N)c(C(=O)Nc4nc5ccccc5s4)sc3nc2C1. The molecular weight excluding hydrogens is 404 g/mol. The zero-order valence-corrected chi connectivity index (χ0v) is 17.5. The molecule has 0 aliphatic heterocycles. The minimum atomic E-state index is -0.311. The molecule has 0 saturated carbocycles. The van der Waals surface area contributed by atoms with Gasteiger partial charge >= 0.3 is 0 Å². The van der Waals surface area contributed by atoms with Crippen molar-refractivity contribution in [1.82, 2.24) is 9.97 Å². The largest absolute Gasteiger partial charge is 0.397 e. The van der Waals surface area contributed by atoms with E-state index >= 15 is 0 Å². The predicted molar refractivity (Wildman–Crippen MR) is 118 cm³/mol. The summed E-state index contributed by atoms with van der Waals surface area (Å²) >= 11 is 2.66. The van der Waals surface area contributed by atoms with Crippen molar-refractivity contribution in [2.24, 2.45) is 5.41 Å². The summed E-state index contributed by atoms with van der Waals surface area (Å²) in [5.41, 5.74) is 8.78. The van der Waals surface area contributed by atoms with E-state index in [0.29, 0.717) is 37.9 Å². The lowest BCUT2D eigenvalue weighted by atomic mass is 9.75. The molecule has 1 aromatic carbocycles. The molecule has 29 heavy (non-hydrogen) atoms. The van der Waals surface area contributed by atoms with Gasteiger partial charge in [-0.2, -0.15) is 0 Å². The summed E-state index contributed by atoms with van der Waals surface area (Å²) in [6.45, 7) is 4.14. The summed E-state index contributed by atoms with van der Waals surface area (Å²) < 4.78 is 1.00. The average Bonchev–Trinajstić information content (AvgIpc) is 3.19. The maximum Gasteiger partial charge on any atom is 0.269 e. The number of fused-ring (bicyclic) bond motifs is 3. The fourth-order valence-electron chi connectivity index (χ4n) is 3.75. The number of para-hydroxylation sites is 1. The molecule has 0 bridgehead atoms. The van der Waals surface area contributed by atoms with E-state index in [1.165, 1.54) is 22.7 Å². The lowest BCUT2D eigenvalue weighted by molar-refractivity contribution is 0.0910. The Morgan fingerprint density at radius 3 is 2.76 bits per heavy atom. The van der Waals surface area contributed by atoms with Crippen molar-refractivity contribution < 1.29 is 9.59 Å². The Hall–Kier alpha value is -2.84. The minimum Gasteiger partial charge on any atom is -0.397 e. The van der Waals surface area contributed by atoms with Crippen LogP contribution in [0.5, 0.6) is 0 Å². The smallest absolute Gasteiger partial charge is 0.269 e. The lowest BCUT2D eigenvalue weighted by Gasteiger charge is -2.29. The van der Waals surface area contributed by atoms with Gasteiger partial charge in [0.2, 0.25) is 0 Å². The molecule has 0 fully saturated rings. The van der Waals surface area contributed by atoms with Crippen LogP contribution in [-0.2, 0) is 6.42 Å². The van der Waals surface area contributed by atoms with E-state index in [4.69, 9.17) is 10.7 Å². The number of nitrogens with one attached hydrogen (secondary N) is 1. The molecule has 3 heterocycles. The van der Waals surface area contributed by atoms with Gasteiger partial charge in [0.1, 0.15) is 9.71 Å². The van der Waals surface area contributed by atoms with Gasteiger partial charge in [-0.25, -0.2) is 9.97 Å². The highest BCUT2D eigenvalue weighted by Crippen LogP contribution is 2.39. The van der Waals surface area contributed by atoms with Crippen LogP contribution >= 0.6 is 22.7 Å². The Morgan fingerprint density at radius 2 is 1.97 bits per heavy atom. The van der Waals surface area contributed by atoms with Crippen molar-refractivity contribution in [3.05, 3.63) is 46.5 Å². The van der Waals surface area contributed by atoms with Gasteiger partial charge in [-0.15, -0.1) is 11.3 Å². The monoisotopic (exact) mass is 422 g/mol. The normalized spacial score (nSPS) is 15.6. The number of aromatic nitrogens is 2. The summed E-state index contributed by atoms with van der Waals surface area (Å²) in [6, 6.07) is 9.51. The van der Waals surface area contributed by atoms with Gasteiger partial charge < -0.3 is 5.73 Å². The van der Waals surface area contributed by atoms with E-state index < -0.39 is 0 Å². The summed E-state index contributed by atoms with van der Waals surface area (Å²) in [5, 5.41) is 4.03. The predicted octanol–water partition coefficient (Wildman–Crippen LogP) is 4.90. The highest BCUT2D eigenvalue weighted by Gasteiger charge is 2.33. The summed E-state index contributed by atoms with van der Waals surface area (Å²) in [5.74, 6) is -0.231.